The smallest absolute Gasteiger partial charge is 0.245 e. The Morgan fingerprint density at radius 2 is 2.00 bits per heavy atom. The van der Waals surface area contributed by atoms with E-state index in [4.69, 9.17) is 16.0 Å². The molecular formula is C18H16ClN3O. The predicted octanol–water partition coefficient (Wildman–Crippen LogP) is 4.45. The van der Waals surface area contributed by atoms with Crippen molar-refractivity contribution in [3.8, 4) is 11.6 Å². The lowest BCUT2D eigenvalue weighted by Gasteiger charge is -2.14. The molecule has 1 unspecified atom stereocenters. The molecule has 0 fully saturated rings. The maximum Gasteiger partial charge on any atom is 0.245 e. The van der Waals surface area contributed by atoms with Gasteiger partial charge < -0.3 is 4.42 Å². The van der Waals surface area contributed by atoms with Gasteiger partial charge in [0, 0.05) is 24.7 Å². The lowest BCUT2D eigenvalue weighted by molar-refractivity contribution is 0.483. The van der Waals surface area contributed by atoms with Crippen LogP contribution in [0.2, 0.25) is 5.02 Å². The number of hydrogen-bond donors (Lipinski definition) is 0. The van der Waals surface area contributed by atoms with Gasteiger partial charge in [0.1, 0.15) is 11.5 Å². The zero-order valence-electron chi connectivity index (χ0n) is 12.6. The summed E-state index contributed by atoms with van der Waals surface area (Å²) in [6.07, 6.45) is 7.35. The standard InChI is InChI=1S/C18H16ClN3O/c19-13-6-4-10-21-17(13)12-5-3-8-14-16(11-12)23-18(22-14)15-7-1-2-9-20-15/h1-2,4,6-7,9-10,12H,3,5,8,11H2. The zero-order chi connectivity index (χ0) is 15.6. The van der Waals surface area contributed by atoms with E-state index in [-0.39, 0.29) is 5.92 Å². The van der Waals surface area contributed by atoms with Gasteiger partial charge in [0.05, 0.1) is 16.4 Å². The molecule has 0 saturated carbocycles. The highest BCUT2D eigenvalue weighted by Gasteiger charge is 2.25. The van der Waals surface area contributed by atoms with Crippen molar-refractivity contribution in [2.75, 3.05) is 0 Å². The molecule has 0 bridgehead atoms. The maximum absolute atomic E-state index is 6.32. The van der Waals surface area contributed by atoms with Crippen LogP contribution in [0.1, 0.15) is 35.9 Å². The van der Waals surface area contributed by atoms with E-state index in [0.717, 1.165) is 53.5 Å². The van der Waals surface area contributed by atoms with Crippen LogP contribution in [-0.4, -0.2) is 15.0 Å². The monoisotopic (exact) mass is 325 g/mol. The summed E-state index contributed by atoms with van der Waals surface area (Å²) in [4.78, 5) is 13.4. The quantitative estimate of drug-likeness (QED) is 0.653. The van der Waals surface area contributed by atoms with Gasteiger partial charge >= 0.3 is 0 Å². The molecule has 0 aliphatic heterocycles. The molecule has 116 valence electrons. The molecule has 5 heteroatoms. The van der Waals surface area contributed by atoms with Crippen molar-refractivity contribution in [3.63, 3.8) is 0 Å². The van der Waals surface area contributed by atoms with Crippen molar-refractivity contribution >= 4 is 11.6 Å². The molecular weight excluding hydrogens is 310 g/mol. The molecule has 0 aromatic carbocycles. The minimum absolute atomic E-state index is 0.273. The minimum Gasteiger partial charge on any atom is -0.440 e. The van der Waals surface area contributed by atoms with Crippen LogP contribution in [0.25, 0.3) is 11.6 Å². The molecule has 0 spiro atoms. The number of fused-ring (bicyclic) bond motifs is 1. The van der Waals surface area contributed by atoms with Crippen LogP contribution < -0.4 is 0 Å². The molecule has 0 radical (unpaired) electrons. The highest BCUT2D eigenvalue weighted by molar-refractivity contribution is 6.31. The summed E-state index contributed by atoms with van der Waals surface area (Å²) in [6, 6.07) is 9.50. The average Bonchev–Trinajstić information content (AvgIpc) is 2.88. The van der Waals surface area contributed by atoms with Crippen LogP contribution in [0.15, 0.2) is 47.1 Å². The molecule has 3 aromatic heterocycles. The predicted molar refractivity (Wildman–Crippen MR) is 88.4 cm³/mol. The number of aryl methyl sites for hydroxylation is 1. The lowest BCUT2D eigenvalue weighted by atomic mass is 9.96. The van der Waals surface area contributed by atoms with Crippen molar-refractivity contribution in [1.82, 2.24) is 15.0 Å². The summed E-state index contributed by atoms with van der Waals surface area (Å²) in [6.45, 7) is 0. The number of hydrogen-bond acceptors (Lipinski definition) is 4. The van der Waals surface area contributed by atoms with E-state index in [9.17, 15) is 0 Å². The van der Waals surface area contributed by atoms with Gasteiger partial charge in [0.15, 0.2) is 0 Å². The summed E-state index contributed by atoms with van der Waals surface area (Å²) in [5.41, 5.74) is 2.77. The Balaban J connectivity index is 1.67. The molecule has 3 heterocycles. The Hall–Kier alpha value is -2.20. The van der Waals surface area contributed by atoms with Gasteiger partial charge in [-0.05, 0) is 43.5 Å². The molecule has 0 N–H and O–H groups in total. The van der Waals surface area contributed by atoms with Crippen LogP contribution in [0, 0.1) is 0 Å². The van der Waals surface area contributed by atoms with E-state index in [1.807, 2.05) is 30.3 Å². The molecule has 4 rings (SSSR count). The van der Waals surface area contributed by atoms with Gasteiger partial charge in [-0.25, -0.2) is 4.98 Å². The third-order valence-corrected chi connectivity index (χ3v) is 4.55. The third kappa shape index (κ3) is 2.86. The summed E-state index contributed by atoms with van der Waals surface area (Å²) in [5.74, 6) is 1.81. The zero-order valence-corrected chi connectivity index (χ0v) is 13.3. The van der Waals surface area contributed by atoms with Gasteiger partial charge in [-0.3, -0.25) is 9.97 Å². The molecule has 3 aromatic rings. The number of halogens is 1. The average molecular weight is 326 g/mol. The number of nitrogens with zero attached hydrogens (tertiary/aromatic N) is 3. The van der Waals surface area contributed by atoms with Gasteiger partial charge in [0.25, 0.3) is 0 Å². The number of aromatic nitrogens is 3. The van der Waals surface area contributed by atoms with Crippen LogP contribution in [-0.2, 0) is 12.8 Å². The largest absolute Gasteiger partial charge is 0.440 e. The first kappa shape index (κ1) is 14.4. The normalized spacial score (nSPS) is 17.5. The second kappa shape index (κ2) is 6.13. The van der Waals surface area contributed by atoms with Crippen LogP contribution in [0.3, 0.4) is 0 Å². The van der Waals surface area contributed by atoms with Crippen molar-refractivity contribution in [1.29, 1.82) is 0 Å². The summed E-state index contributed by atoms with van der Waals surface area (Å²) >= 11 is 6.32. The van der Waals surface area contributed by atoms with Crippen LogP contribution in [0.5, 0.6) is 0 Å². The highest BCUT2D eigenvalue weighted by Crippen LogP contribution is 2.35. The Bertz CT molecular complexity index is 816. The lowest BCUT2D eigenvalue weighted by Crippen LogP contribution is -2.04. The van der Waals surface area contributed by atoms with E-state index >= 15 is 0 Å². The fourth-order valence-electron chi connectivity index (χ4n) is 3.11. The van der Waals surface area contributed by atoms with Gasteiger partial charge in [-0.2, -0.15) is 0 Å². The summed E-state index contributed by atoms with van der Waals surface area (Å²) < 4.78 is 6.02. The maximum atomic E-state index is 6.32. The second-order valence-corrected chi connectivity index (χ2v) is 6.17. The minimum atomic E-state index is 0.273. The van der Waals surface area contributed by atoms with E-state index < -0.39 is 0 Å². The SMILES string of the molecule is Clc1cccnc1C1CCCc2nc(-c3ccccn3)oc2C1. The Labute approximate surface area is 139 Å². The van der Waals surface area contributed by atoms with Crippen LogP contribution in [0.4, 0.5) is 0 Å². The van der Waals surface area contributed by atoms with Crippen molar-refractivity contribution < 1.29 is 4.42 Å². The summed E-state index contributed by atoms with van der Waals surface area (Å²) in [7, 11) is 0. The van der Waals surface area contributed by atoms with E-state index in [2.05, 4.69) is 15.0 Å². The highest BCUT2D eigenvalue weighted by atomic mass is 35.5. The molecule has 0 saturated heterocycles. The Morgan fingerprint density at radius 1 is 1.09 bits per heavy atom. The third-order valence-electron chi connectivity index (χ3n) is 4.23. The van der Waals surface area contributed by atoms with Gasteiger partial charge in [-0.1, -0.05) is 17.7 Å². The molecule has 1 aliphatic rings. The van der Waals surface area contributed by atoms with Crippen molar-refractivity contribution in [2.24, 2.45) is 0 Å². The number of oxazole rings is 1. The van der Waals surface area contributed by atoms with E-state index in [0.29, 0.717) is 5.89 Å². The first-order valence-corrected chi connectivity index (χ1v) is 8.19. The van der Waals surface area contributed by atoms with E-state index in [1.54, 1.807) is 12.4 Å². The van der Waals surface area contributed by atoms with E-state index in [1.165, 1.54) is 0 Å². The fraction of sp³-hybridized carbons (Fsp3) is 0.278. The Kier molecular flexibility index (Phi) is 3.83. The van der Waals surface area contributed by atoms with Crippen molar-refractivity contribution in [2.45, 2.75) is 31.6 Å². The number of pyridine rings is 2. The molecule has 1 aliphatic carbocycles. The first-order chi connectivity index (χ1) is 11.3. The van der Waals surface area contributed by atoms with Gasteiger partial charge in [0.2, 0.25) is 5.89 Å². The molecule has 4 nitrogen and oxygen atoms in total. The topological polar surface area (TPSA) is 51.8 Å². The molecule has 23 heavy (non-hydrogen) atoms. The second-order valence-electron chi connectivity index (χ2n) is 5.77. The first-order valence-electron chi connectivity index (χ1n) is 7.81. The number of rotatable bonds is 2. The van der Waals surface area contributed by atoms with Crippen molar-refractivity contribution in [3.05, 3.63) is 64.9 Å². The Morgan fingerprint density at radius 3 is 2.83 bits per heavy atom. The van der Waals surface area contributed by atoms with Crippen LogP contribution >= 0.6 is 11.6 Å². The fourth-order valence-corrected chi connectivity index (χ4v) is 3.39. The summed E-state index contributed by atoms with van der Waals surface area (Å²) in [5, 5.41) is 0.727. The molecule has 1 atom stereocenters. The molecule has 0 amide bonds. The van der Waals surface area contributed by atoms with Gasteiger partial charge in [-0.15, -0.1) is 0 Å².